The molecule has 3 rings (SSSR count). The quantitative estimate of drug-likeness (QED) is 0.480. The number of hydrogen-bond donors (Lipinski definition) is 2. The Morgan fingerprint density at radius 1 is 1.21 bits per heavy atom. The second-order valence-corrected chi connectivity index (χ2v) is 7.57. The lowest BCUT2D eigenvalue weighted by atomic mass is 9.98. The van der Waals surface area contributed by atoms with E-state index >= 15 is 0 Å². The van der Waals surface area contributed by atoms with E-state index in [1.165, 1.54) is 5.57 Å². The van der Waals surface area contributed by atoms with Crippen molar-refractivity contribution in [1.82, 2.24) is 9.97 Å². The van der Waals surface area contributed by atoms with Crippen LogP contribution in [-0.4, -0.2) is 28.6 Å². The highest BCUT2D eigenvalue weighted by molar-refractivity contribution is 6.04. The van der Waals surface area contributed by atoms with Crippen LogP contribution in [0.4, 0.5) is 0 Å². The van der Waals surface area contributed by atoms with Gasteiger partial charge in [-0.2, -0.15) is 0 Å². The Labute approximate surface area is 173 Å². The Morgan fingerprint density at radius 2 is 2.03 bits per heavy atom. The van der Waals surface area contributed by atoms with E-state index in [1.807, 2.05) is 37.4 Å². The standard InChI is InChI=1S/C24H31N3O2/c1-5-6-7-9-18(28)11-12-19-16(2)21(26-17(19)3)14-23-24(29-4)15-22(27-23)20-10-8-13-25-20/h8,10,13-15,25,27H,5-7,9,11-12H2,1-4H3/b21-14-. The van der Waals surface area contributed by atoms with E-state index in [4.69, 9.17) is 9.73 Å². The number of nitrogens with zero attached hydrogens (tertiary/aromatic N) is 1. The summed E-state index contributed by atoms with van der Waals surface area (Å²) in [6.45, 7) is 6.27. The number of H-pyrrole nitrogens is 2. The summed E-state index contributed by atoms with van der Waals surface area (Å²) in [5, 5.41) is 0. The largest absolute Gasteiger partial charge is 0.494 e. The van der Waals surface area contributed by atoms with Gasteiger partial charge in [0.05, 0.1) is 29.9 Å². The Bertz CT molecular complexity index is 943. The number of ether oxygens (including phenoxy) is 1. The number of carbonyl (C=O) groups is 1. The summed E-state index contributed by atoms with van der Waals surface area (Å²) in [5.41, 5.74) is 7.13. The molecule has 0 bridgehead atoms. The first-order valence-electron chi connectivity index (χ1n) is 10.4. The van der Waals surface area contributed by atoms with Gasteiger partial charge in [-0.05, 0) is 56.0 Å². The number of unbranched alkanes of at least 4 members (excludes halogenated alkanes) is 2. The van der Waals surface area contributed by atoms with Gasteiger partial charge in [-0.15, -0.1) is 0 Å². The molecule has 0 saturated heterocycles. The lowest BCUT2D eigenvalue weighted by Gasteiger charge is -2.05. The molecule has 0 aliphatic carbocycles. The monoisotopic (exact) mass is 393 g/mol. The van der Waals surface area contributed by atoms with Crippen LogP contribution in [0.2, 0.25) is 0 Å². The first kappa shape index (κ1) is 20.9. The van der Waals surface area contributed by atoms with Crippen molar-refractivity contribution in [2.24, 2.45) is 4.99 Å². The minimum Gasteiger partial charge on any atom is -0.494 e. The molecular weight excluding hydrogens is 362 g/mol. The van der Waals surface area contributed by atoms with Crippen molar-refractivity contribution in [3.63, 3.8) is 0 Å². The number of ketones is 1. The Morgan fingerprint density at radius 3 is 2.72 bits per heavy atom. The maximum Gasteiger partial charge on any atom is 0.144 e. The van der Waals surface area contributed by atoms with Crippen LogP contribution in [0.25, 0.3) is 17.5 Å². The van der Waals surface area contributed by atoms with Crippen LogP contribution in [0.5, 0.6) is 5.75 Å². The van der Waals surface area contributed by atoms with E-state index in [9.17, 15) is 4.79 Å². The molecule has 2 aromatic heterocycles. The zero-order valence-electron chi connectivity index (χ0n) is 17.9. The van der Waals surface area contributed by atoms with Gasteiger partial charge in [-0.25, -0.2) is 0 Å². The van der Waals surface area contributed by atoms with Crippen molar-refractivity contribution < 1.29 is 9.53 Å². The number of aromatic nitrogens is 2. The second kappa shape index (κ2) is 9.59. The summed E-state index contributed by atoms with van der Waals surface area (Å²) in [7, 11) is 1.67. The molecule has 0 saturated carbocycles. The van der Waals surface area contributed by atoms with Crippen LogP contribution in [0.15, 0.2) is 46.2 Å². The molecule has 0 fully saturated rings. The fourth-order valence-corrected chi connectivity index (χ4v) is 3.74. The predicted molar refractivity (Wildman–Crippen MR) is 119 cm³/mol. The lowest BCUT2D eigenvalue weighted by molar-refractivity contribution is -0.119. The maximum atomic E-state index is 12.2. The Kier molecular flexibility index (Phi) is 6.91. The number of methoxy groups -OCH3 is 1. The molecule has 0 aromatic carbocycles. The number of allylic oxidation sites excluding steroid dienone is 2. The predicted octanol–water partition coefficient (Wildman–Crippen LogP) is 6.08. The van der Waals surface area contributed by atoms with Crippen molar-refractivity contribution in [2.75, 3.05) is 7.11 Å². The smallest absolute Gasteiger partial charge is 0.144 e. The molecular formula is C24H31N3O2. The van der Waals surface area contributed by atoms with E-state index in [0.717, 1.165) is 65.5 Å². The second-order valence-electron chi connectivity index (χ2n) is 7.57. The van der Waals surface area contributed by atoms with Gasteiger partial charge in [0.15, 0.2) is 0 Å². The highest BCUT2D eigenvalue weighted by atomic mass is 16.5. The van der Waals surface area contributed by atoms with Gasteiger partial charge in [0.25, 0.3) is 0 Å². The average Bonchev–Trinajstić information content (AvgIpc) is 3.42. The fourth-order valence-electron chi connectivity index (χ4n) is 3.74. The normalized spacial score (nSPS) is 15.3. The summed E-state index contributed by atoms with van der Waals surface area (Å²) in [4.78, 5) is 23.5. The van der Waals surface area contributed by atoms with Crippen LogP contribution >= 0.6 is 0 Å². The number of nitrogens with one attached hydrogen (secondary N) is 2. The molecule has 0 amide bonds. The van der Waals surface area contributed by atoms with E-state index in [1.54, 1.807) is 7.11 Å². The molecule has 5 nitrogen and oxygen atoms in total. The summed E-state index contributed by atoms with van der Waals surface area (Å²) in [6, 6.07) is 5.97. The van der Waals surface area contributed by atoms with Crippen molar-refractivity contribution in [1.29, 1.82) is 0 Å². The van der Waals surface area contributed by atoms with Gasteiger partial charge in [0, 0.05) is 30.8 Å². The van der Waals surface area contributed by atoms with E-state index < -0.39 is 0 Å². The topological polar surface area (TPSA) is 70.2 Å². The first-order valence-corrected chi connectivity index (χ1v) is 10.4. The highest BCUT2D eigenvalue weighted by Gasteiger charge is 2.19. The van der Waals surface area contributed by atoms with Crippen LogP contribution in [0, 0.1) is 0 Å². The van der Waals surface area contributed by atoms with Crippen molar-refractivity contribution in [2.45, 2.75) is 59.3 Å². The molecule has 1 aliphatic rings. The van der Waals surface area contributed by atoms with Gasteiger partial charge >= 0.3 is 0 Å². The third kappa shape index (κ3) is 4.97. The minimum atomic E-state index is 0.352. The van der Waals surface area contributed by atoms with E-state index in [-0.39, 0.29) is 0 Å². The fraction of sp³-hybridized carbons (Fsp3) is 0.417. The molecule has 0 unspecified atom stereocenters. The number of aromatic amines is 2. The number of aliphatic imine (C=N–C) groups is 1. The summed E-state index contributed by atoms with van der Waals surface area (Å²) in [5.74, 6) is 1.13. The van der Waals surface area contributed by atoms with Gasteiger partial charge in [-0.3, -0.25) is 9.79 Å². The molecule has 1 aliphatic heterocycles. The number of rotatable bonds is 10. The SMILES string of the molecule is CCCCCC(=O)CCC1=C(C)/C(=C/c2[nH]c(-c3ccc[nH]3)cc2OC)N=C1C. The van der Waals surface area contributed by atoms with Crippen LogP contribution in [-0.2, 0) is 4.79 Å². The molecule has 5 heteroatoms. The van der Waals surface area contributed by atoms with Gasteiger partial charge in [0.2, 0.25) is 0 Å². The average molecular weight is 394 g/mol. The molecule has 154 valence electrons. The van der Waals surface area contributed by atoms with Gasteiger partial charge in [-0.1, -0.05) is 19.8 Å². The van der Waals surface area contributed by atoms with Gasteiger partial charge in [0.1, 0.15) is 11.5 Å². The minimum absolute atomic E-state index is 0.352. The number of carbonyl (C=O) groups excluding carboxylic acids is 1. The molecule has 0 radical (unpaired) electrons. The summed E-state index contributed by atoms with van der Waals surface area (Å²) < 4.78 is 5.55. The van der Waals surface area contributed by atoms with Crippen molar-refractivity contribution >= 4 is 17.6 Å². The maximum absolute atomic E-state index is 12.2. The van der Waals surface area contributed by atoms with Gasteiger partial charge < -0.3 is 14.7 Å². The molecule has 29 heavy (non-hydrogen) atoms. The number of Topliss-reactive ketones (excluding diaryl/α,β-unsaturated/α-hetero) is 1. The Balaban J connectivity index is 1.76. The van der Waals surface area contributed by atoms with E-state index in [2.05, 4.69) is 23.8 Å². The van der Waals surface area contributed by atoms with Crippen molar-refractivity contribution in [3.05, 3.63) is 46.9 Å². The van der Waals surface area contributed by atoms with Crippen LogP contribution in [0.1, 0.15) is 65.0 Å². The summed E-state index contributed by atoms with van der Waals surface area (Å²) >= 11 is 0. The molecule has 2 N–H and O–H groups in total. The first-order chi connectivity index (χ1) is 14.0. The Hall–Kier alpha value is -2.82. The third-order valence-electron chi connectivity index (χ3n) is 5.47. The molecule has 3 heterocycles. The lowest BCUT2D eigenvalue weighted by Crippen LogP contribution is -2.02. The zero-order chi connectivity index (χ0) is 20.8. The zero-order valence-corrected chi connectivity index (χ0v) is 17.9. The molecule has 2 aromatic rings. The number of hydrogen-bond acceptors (Lipinski definition) is 3. The molecule has 0 atom stereocenters. The van der Waals surface area contributed by atoms with Crippen molar-refractivity contribution in [3.8, 4) is 17.1 Å². The highest BCUT2D eigenvalue weighted by Crippen LogP contribution is 2.33. The summed E-state index contributed by atoms with van der Waals surface area (Å²) in [6.07, 6.45) is 9.25. The van der Waals surface area contributed by atoms with E-state index in [0.29, 0.717) is 18.6 Å². The molecule has 0 spiro atoms. The third-order valence-corrected chi connectivity index (χ3v) is 5.47. The van der Waals surface area contributed by atoms with Crippen LogP contribution in [0.3, 0.4) is 0 Å². The van der Waals surface area contributed by atoms with Crippen LogP contribution < -0.4 is 4.74 Å².